The van der Waals surface area contributed by atoms with Crippen molar-refractivity contribution in [3.63, 3.8) is 0 Å². The van der Waals surface area contributed by atoms with Crippen LogP contribution in [0.2, 0.25) is 0 Å². The second-order valence-electron chi connectivity index (χ2n) is 3.69. The Hall–Kier alpha value is -0.120. The molecule has 96 valence electrons. The molecule has 0 aromatic heterocycles. The van der Waals surface area contributed by atoms with Crippen LogP contribution in [0.25, 0.3) is 18.2 Å². The van der Waals surface area contributed by atoms with E-state index in [1.54, 1.807) is 0 Å². The van der Waals surface area contributed by atoms with E-state index in [0.717, 1.165) is 16.0 Å². The summed E-state index contributed by atoms with van der Waals surface area (Å²) in [6.07, 6.45) is 5.72. The van der Waals surface area contributed by atoms with Gasteiger partial charge in [-0.05, 0) is 33.4 Å². The molecule has 0 radical (unpaired) electrons. The fraction of sp³-hybridized carbons (Fsp3) is 0.200. The van der Waals surface area contributed by atoms with Gasteiger partial charge in [0.2, 0.25) is 0 Å². The molecule has 3 heteroatoms. The Morgan fingerprint density at radius 3 is 0.944 bits per heavy atom. The van der Waals surface area contributed by atoms with E-state index >= 15 is 0 Å². The zero-order valence-corrected chi connectivity index (χ0v) is 14.9. The van der Waals surface area contributed by atoms with E-state index in [1.165, 1.54) is 33.4 Å². The van der Waals surface area contributed by atoms with Gasteiger partial charge in [0.15, 0.2) is 0 Å². The Kier molecular flexibility index (Phi) is 6.61. The van der Waals surface area contributed by atoms with Crippen LogP contribution >= 0.6 is 47.8 Å². The molecular weight excluding hydrogens is 420 g/mol. The van der Waals surface area contributed by atoms with Gasteiger partial charge in [0, 0.05) is 16.0 Å². The van der Waals surface area contributed by atoms with Crippen molar-refractivity contribution in [1.82, 2.24) is 0 Å². The molecule has 1 aromatic carbocycles. The Morgan fingerprint density at radius 2 is 0.833 bits per heavy atom. The van der Waals surface area contributed by atoms with Gasteiger partial charge >= 0.3 is 0 Å². The summed E-state index contributed by atoms with van der Waals surface area (Å²) in [5.74, 6) is 0. The minimum atomic E-state index is 0.785. The van der Waals surface area contributed by atoms with E-state index in [9.17, 15) is 0 Å². The van der Waals surface area contributed by atoms with Gasteiger partial charge in [0.25, 0.3) is 0 Å². The number of hydrogen-bond acceptors (Lipinski definition) is 0. The average Bonchev–Trinajstić information content (AvgIpc) is 2.43. The summed E-state index contributed by atoms with van der Waals surface area (Å²) in [7, 11) is 0. The standard InChI is InChI=1S/C15H15Br3/c1-4-10-13(7-16)11(5-2)15(9-18)12(6-3)14(10)8-17/h4-6H,1-3,7-9H2. The highest BCUT2D eigenvalue weighted by Crippen LogP contribution is 2.34. The molecular formula is C15H15Br3. The molecule has 1 rings (SSSR count). The van der Waals surface area contributed by atoms with Crippen LogP contribution in [0.5, 0.6) is 0 Å². The smallest absolute Gasteiger partial charge is 0.0295 e. The molecule has 0 unspecified atom stereocenters. The topological polar surface area (TPSA) is 0 Å². The molecule has 0 nitrogen and oxygen atoms in total. The minimum absolute atomic E-state index is 0.785. The Balaban J connectivity index is 3.88. The van der Waals surface area contributed by atoms with Crippen molar-refractivity contribution < 1.29 is 0 Å². The molecule has 0 aliphatic heterocycles. The summed E-state index contributed by atoms with van der Waals surface area (Å²) < 4.78 is 0. The van der Waals surface area contributed by atoms with Crippen LogP contribution in [0.15, 0.2) is 19.7 Å². The van der Waals surface area contributed by atoms with Gasteiger partial charge in [0.1, 0.15) is 0 Å². The van der Waals surface area contributed by atoms with Crippen molar-refractivity contribution in [2.45, 2.75) is 16.0 Å². The summed E-state index contributed by atoms with van der Waals surface area (Å²) in [6.45, 7) is 11.8. The van der Waals surface area contributed by atoms with Gasteiger partial charge in [-0.15, -0.1) is 0 Å². The molecule has 0 atom stereocenters. The van der Waals surface area contributed by atoms with Crippen molar-refractivity contribution >= 4 is 66.0 Å². The van der Waals surface area contributed by atoms with Gasteiger partial charge in [-0.1, -0.05) is 85.8 Å². The van der Waals surface area contributed by atoms with E-state index < -0.39 is 0 Å². The van der Waals surface area contributed by atoms with Gasteiger partial charge in [0.05, 0.1) is 0 Å². The number of hydrogen-bond donors (Lipinski definition) is 0. The van der Waals surface area contributed by atoms with E-state index in [0.29, 0.717) is 0 Å². The summed E-state index contributed by atoms with van der Waals surface area (Å²) in [4.78, 5) is 0. The van der Waals surface area contributed by atoms with Gasteiger partial charge in [-0.3, -0.25) is 0 Å². The van der Waals surface area contributed by atoms with Gasteiger partial charge < -0.3 is 0 Å². The third-order valence-corrected chi connectivity index (χ3v) is 4.65. The van der Waals surface area contributed by atoms with Crippen molar-refractivity contribution in [1.29, 1.82) is 0 Å². The fourth-order valence-electron chi connectivity index (χ4n) is 2.15. The fourth-order valence-corrected chi connectivity index (χ4v) is 3.97. The first kappa shape index (κ1) is 15.9. The Labute approximate surface area is 134 Å². The highest BCUT2D eigenvalue weighted by molar-refractivity contribution is 9.09. The van der Waals surface area contributed by atoms with Crippen LogP contribution in [0.1, 0.15) is 33.4 Å². The van der Waals surface area contributed by atoms with Crippen molar-refractivity contribution in [3.05, 3.63) is 53.1 Å². The van der Waals surface area contributed by atoms with Crippen LogP contribution in [-0.2, 0) is 16.0 Å². The molecule has 0 amide bonds. The third-order valence-electron chi connectivity index (χ3n) is 2.96. The summed E-state index contributed by atoms with van der Waals surface area (Å²) in [6, 6.07) is 0. The molecule has 0 N–H and O–H groups in total. The Morgan fingerprint density at radius 1 is 0.611 bits per heavy atom. The van der Waals surface area contributed by atoms with Crippen LogP contribution in [0.3, 0.4) is 0 Å². The first-order valence-corrected chi connectivity index (χ1v) is 8.82. The van der Waals surface area contributed by atoms with Gasteiger partial charge in [-0.25, -0.2) is 0 Å². The SMILES string of the molecule is C=Cc1c(CBr)c(C=C)c(CBr)c(C=C)c1CBr. The quantitative estimate of drug-likeness (QED) is 0.461. The van der Waals surface area contributed by atoms with E-state index in [-0.39, 0.29) is 0 Å². The second-order valence-corrected chi connectivity index (χ2v) is 5.37. The monoisotopic (exact) mass is 432 g/mol. The lowest BCUT2D eigenvalue weighted by Gasteiger charge is -2.20. The highest BCUT2D eigenvalue weighted by atomic mass is 79.9. The van der Waals surface area contributed by atoms with Crippen LogP contribution in [0, 0.1) is 0 Å². The maximum absolute atomic E-state index is 3.93. The summed E-state index contributed by atoms with van der Waals surface area (Å²) in [5, 5.41) is 2.35. The lowest BCUT2D eigenvalue weighted by atomic mass is 9.88. The zero-order valence-electron chi connectivity index (χ0n) is 10.1. The minimum Gasteiger partial charge on any atom is -0.0984 e. The summed E-state index contributed by atoms with van der Waals surface area (Å²) >= 11 is 10.7. The molecule has 0 saturated carbocycles. The highest BCUT2D eigenvalue weighted by Gasteiger charge is 2.17. The van der Waals surface area contributed by atoms with Crippen LogP contribution in [0.4, 0.5) is 0 Å². The normalized spacial score (nSPS) is 10.2. The molecule has 0 aliphatic carbocycles. The maximum Gasteiger partial charge on any atom is 0.0295 e. The molecule has 0 fully saturated rings. The van der Waals surface area contributed by atoms with Crippen molar-refractivity contribution in [2.24, 2.45) is 0 Å². The molecule has 0 spiro atoms. The van der Waals surface area contributed by atoms with E-state index in [4.69, 9.17) is 0 Å². The number of alkyl halides is 3. The van der Waals surface area contributed by atoms with Crippen molar-refractivity contribution in [3.8, 4) is 0 Å². The largest absolute Gasteiger partial charge is 0.0984 e. The van der Waals surface area contributed by atoms with E-state index in [2.05, 4.69) is 67.5 Å². The molecule has 0 bridgehead atoms. The molecule has 18 heavy (non-hydrogen) atoms. The molecule has 0 heterocycles. The number of rotatable bonds is 6. The molecule has 1 aromatic rings. The van der Waals surface area contributed by atoms with Crippen molar-refractivity contribution in [2.75, 3.05) is 0 Å². The third kappa shape index (κ3) is 2.73. The molecule has 0 aliphatic rings. The van der Waals surface area contributed by atoms with Gasteiger partial charge in [-0.2, -0.15) is 0 Å². The predicted molar refractivity (Wildman–Crippen MR) is 94.6 cm³/mol. The van der Waals surface area contributed by atoms with E-state index in [1.807, 2.05) is 18.2 Å². The second kappa shape index (κ2) is 7.46. The summed E-state index contributed by atoms with van der Waals surface area (Å²) in [5.41, 5.74) is 7.19. The zero-order chi connectivity index (χ0) is 13.7. The lowest BCUT2D eigenvalue weighted by molar-refractivity contribution is 1.24. The molecule has 0 saturated heterocycles. The average molecular weight is 435 g/mol. The maximum atomic E-state index is 3.93. The number of benzene rings is 1. The first-order chi connectivity index (χ1) is 8.69. The number of halogens is 3. The first-order valence-electron chi connectivity index (χ1n) is 5.45. The lowest BCUT2D eigenvalue weighted by Crippen LogP contribution is -2.04. The van der Waals surface area contributed by atoms with Crippen LogP contribution < -0.4 is 0 Å². The van der Waals surface area contributed by atoms with Crippen LogP contribution in [-0.4, -0.2) is 0 Å². The Bertz CT molecular complexity index is 394. The predicted octanol–water partition coefficient (Wildman–Crippen LogP) is 6.30.